The summed E-state index contributed by atoms with van der Waals surface area (Å²) >= 11 is 0. The SMILES string of the molecule is C=NN(/N=C\C)c1ccc(NC(C)=O)nc1C(=O)N(C)[C@H]1CCC[C@@H]1COc1ccc(F)cc1. The van der Waals surface area contributed by atoms with Crippen molar-refractivity contribution >= 4 is 36.3 Å². The zero-order chi connectivity index (χ0) is 24.7. The fraction of sp³-hybridized carbons (Fsp3) is 0.375. The molecule has 2 amide bonds. The summed E-state index contributed by atoms with van der Waals surface area (Å²) in [7, 11) is 1.73. The van der Waals surface area contributed by atoms with Crippen LogP contribution in [-0.4, -0.2) is 54.3 Å². The quantitative estimate of drug-likeness (QED) is 0.444. The predicted octanol–water partition coefficient (Wildman–Crippen LogP) is 3.93. The molecule has 1 aliphatic carbocycles. The number of amides is 2. The number of rotatable bonds is 9. The number of nitrogens with zero attached hydrogens (tertiary/aromatic N) is 5. The molecular formula is C24H29FN6O3. The Labute approximate surface area is 198 Å². The number of hydrazone groups is 2. The molecule has 3 rings (SSSR count). The number of anilines is 2. The standard InChI is InChI=1S/C24H29FN6O3/c1-5-27-31(26-3)21-13-14-22(28-16(2)32)29-23(21)24(33)30(4)20-8-6-7-17(20)15-34-19-11-9-18(25)10-12-19/h5,9-14,17,20H,3,6-8,15H2,1-2,4H3,(H,28,29,32)/b27-5-/t17-,20+/m1/s1. The monoisotopic (exact) mass is 468 g/mol. The highest BCUT2D eigenvalue weighted by molar-refractivity contribution is 5.99. The van der Waals surface area contributed by atoms with Crippen LogP contribution in [0.5, 0.6) is 5.75 Å². The van der Waals surface area contributed by atoms with Crippen molar-refractivity contribution in [2.24, 2.45) is 16.1 Å². The van der Waals surface area contributed by atoms with Crippen molar-refractivity contribution < 1.29 is 18.7 Å². The molecule has 0 spiro atoms. The van der Waals surface area contributed by atoms with Gasteiger partial charge in [0.2, 0.25) is 5.91 Å². The first-order chi connectivity index (χ1) is 16.3. The van der Waals surface area contributed by atoms with E-state index in [-0.39, 0.29) is 41.1 Å². The third-order valence-electron chi connectivity index (χ3n) is 5.67. The molecule has 1 aromatic heterocycles. The molecule has 1 heterocycles. The minimum atomic E-state index is -0.333. The molecule has 1 saturated carbocycles. The fourth-order valence-electron chi connectivity index (χ4n) is 4.08. The number of benzene rings is 1. The summed E-state index contributed by atoms with van der Waals surface area (Å²) in [6.45, 7) is 7.01. The lowest BCUT2D eigenvalue weighted by Crippen LogP contribution is -2.41. The number of halogens is 1. The van der Waals surface area contributed by atoms with Crippen molar-refractivity contribution in [3.63, 3.8) is 0 Å². The van der Waals surface area contributed by atoms with E-state index in [2.05, 4.69) is 27.2 Å². The smallest absolute Gasteiger partial charge is 0.274 e. The number of nitrogens with one attached hydrogen (secondary N) is 1. The Bertz CT molecular complexity index is 1060. The van der Waals surface area contributed by atoms with Gasteiger partial charge in [-0.25, -0.2) is 9.37 Å². The Balaban J connectivity index is 1.83. The van der Waals surface area contributed by atoms with Crippen molar-refractivity contribution in [2.75, 3.05) is 24.1 Å². The predicted molar refractivity (Wildman–Crippen MR) is 130 cm³/mol. The highest BCUT2D eigenvalue weighted by Gasteiger charge is 2.35. The van der Waals surface area contributed by atoms with Crippen LogP contribution in [0, 0.1) is 11.7 Å². The zero-order valence-corrected chi connectivity index (χ0v) is 19.6. The number of ether oxygens (including phenoxy) is 1. The van der Waals surface area contributed by atoms with Gasteiger partial charge in [-0.15, -0.1) is 0 Å². The van der Waals surface area contributed by atoms with E-state index in [0.29, 0.717) is 18.0 Å². The molecule has 1 N–H and O–H groups in total. The summed E-state index contributed by atoms with van der Waals surface area (Å²) in [5, 5.41) is 11.8. The lowest BCUT2D eigenvalue weighted by atomic mass is 10.0. The molecule has 1 aromatic carbocycles. The topological polar surface area (TPSA) is 99.5 Å². The average Bonchev–Trinajstić information content (AvgIpc) is 3.29. The minimum Gasteiger partial charge on any atom is -0.493 e. The van der Waals surface area contributed by atoms with E-state index in [0.717, 1.165) is 19.3 Å². The van der Waals surface area contributed by atoms with Crippen molar-refractivity contribution in [3.05, 3.63) is 47.9 Å². The zero-order valence-electron chi connectivity index (χ0n) is 19.6. The first-order valence-electron chi connectivity index (χ1n) is 11.0. The van der Waals surface area contributed by atoms with Crippen molar-refractivity contribution in [1.29, 1.82) is 0 Å². The van der Waals surface area contributed by atoms with Gasteiger partial charge in [0, 0.05) is 38.9 Å². The summed E-state index contributed by atoms with van der Waals surface area (Å²) in [6, 6.07) is 8.99. The van der Waals surface area contributed by atoms with Crippen LogP contribution < -0.4 is 15.2 Å². The normalized spacial score (nSPS) is 17.4. The molecule has 2 aromatic rings. The average molecular weight is 469 g/mol. The van der Waals surface area contributed by atoms with Crippen LogP contribution in [0.2, 0.25) is 0 Å². The summed E-state index contributed by atoms with van der Waals surface area (Å²) in [5.41, 5.74) is 0.438. The Morgan fingerprint density at radius 3 is 2.65 bits per heavy atom. The third-order valence-corrected chi connectivity index (χ3v) is 5.67. The van der Waals surface area contributed by atoms with Gasteiger partial charge in [0.25, 0.3) is 5.91 Å². The molecule has 0 saturated heterocycles. The Morgan fingerprint density at radius 2 is 2.00 bits per heavy atom. The van der Waals surface area contributed by atoms with Gasteiger partial charge in [0.05, 0.1) is 6.61 Å². The van der Waals surface area contributed by atoms with Crippen LogP contribution in [-0.2, 0) is 4.79 Å². The van der Waals surface area contributed by atoms with Crippen LogP contribution in [0.15, 0.2) is 46.6 Å². The molecule has 0 aliphatic heterocycles. The van der Waals surface area contributed by atoms with Gasteiger partial charge in [-0.1, -0.05) is 6.42 Å². The molecule has 34 heavy (non-hydrogen) atoms. The second-order valence-electron chi connectivity index (χ2n) is 7.99. The van der Waals surface area contributed by atoms with E-state index < -0.39 is 0 Å². The summed E-state index contributed by atoms with van der Waals surface area (Å²) in [6.07, 6.45) is 4.19. The van der Waals surface area contributed by atoms with Gasteiger partial charge < -0.3 is 15.0 Å². The maximum absolute atomic E-state index is 13.6. The molecule has 1 aliphatic rings. The van der Waals surface area contributed by atoms with Gasteiger partial charge in [-0.3, -0.25) is 9.59 Å². The maximum atomic E-state index is 13.6. The number of aromatic nitrogens is 1. The largest absolute Gasteiger partial charge is 0.493 e. The van der Waals surface area contributed by atoms with Crippen molar-refractivity contribution in [2.45, 2.75) is 39.2 Å². The third kappa shape index (κ3) is 5.94. The van der Waals surface area contributed by atoms with Gasteiger partial charge in [-0.05, 0) is 56.2 Å². The Kier molecular flexibility index (Phi) is 8.29. The minimum absolute atomic E-state index is 0.0770. The number of carbonyl (C=O) groups excluding carboxylic acids is 2. The maximum Gasteiger partial charge on any atom is 0.274 e. The summed E-state index contributed by atoms with van der Waals surface area (Å²) in [5.74, 6) is -0.0231. The van der Waals surface area contributed by atoms with E-state index in [1.807, 2.05) is 0 Å². The second kappa shape index (κ2) is 11.4. The van der Waals surface area contributed by atoms with Crippen LogP contribution >= 0.6 is 0 Å². The second-order valence-corrected chi connectivity index (χ2v) is 7.99. The van der Waals surface area contributed by atoms with E-state index in [4.69, 9.17) is 4.74 Å². The van der Waals surface area contributed by atoms with Crippen LogP contribution in [0.25, 0.3) is 0 Å². The highest BCUT2D eigenvalue weighted by Crippen LogP contribution is 2.32. The van der Waals surface area contributed by atoms with Crippen molar-refractivity contribution in [1.82, 2.24) is 9.88 Å². The number of pyridine rings is 1. The highest BCUT2D eigenvalue weighted by atomic mass is 19.1. The molecule has 9 nitrogen and oxygen atoms in total. The van der Waals surface area contributed by atoms with Gasteiger partial charge in [0.15, 0.2) is 5.69 Å². The summed E-state index contributed by atoms with van der Waals surface area (Å²) in [4.78, 5) is 31.2. The van der Waals surface area contributed by atoms with E-state index >= 15 is 0 Å². The summed E-state index contributed by atoms with van der Waals surface area (Å²) < 4.78 is 19.0. The number of hydrogen-bond acceptors (Lipinski definition) is 7. The molecule has 0 bridgehead atoms. The Hall–Kier alpha value is -3.82. The Morgan fingerprint density at radius 1 is 1.26 bits per heavy atom. The number of carbonyl (C=O) groups is 2. The van der Waals surface area contributed by atoms with Gasteiger partial charge >= 0.3 is 0 Å². The molecule has 180 valence electrons. The van der Waals surface area contributed by atoms with Crippen LogP contribution in [0.3, 0.4) is 0 Å². The molecular weight excluding hydrogens is 439 g/mol. The van der Waals surface area contributed by atoms with E-state index in [9.17, 15) is 14.0 Å². The molecule has 1 fully saturated rings. The number of hydrogen-bond donors (Lipinski definition) is 1. The van der Waals surface area contributed by atoms with Crippen LogP contribution in [0.4, 0.5) is 15.9 Å². The molecule has 0 radical (unpaired) electrons. The molecule has 0 unspecified atom stereocenters. The van der Waals surface area contributed by atoms with E-state index in [1.165, 1.54) is 30.4 Å². The van der Waals surface area contributed by atoms with Gasteiger partial charge in [-0.2, -0.15) is 15.3 Å². The lowest BCUT2D eigenvalue weighted by molar-refractivity contribution is -0.114. The van der Waals surface area contributed by atoms with Crippen molar-refractivity contribution in [3.8, 4) is 5.75 Å². The first kappa shape index (κ1) is 24.8. The lowest BCUT2D eigenvalue weighted by Gasteiger charge is -2.30. The van der Waals surface area contributed by atoms with E-state index in [1.54, 1.807) is 43.1 Å². The molecule has 10 heteroatoms. The molecule has 2 atom stereocenters. The fourth-order valence-corrected chi connectivity index (χ4v) is 4.08. The van der Waals surface area contributed by atoms with Gasteiger partial charge in [0.1, 0.15) is 23.1 Å². The van der Waals surface area contributed by atoms with Crippen LogP contribution in [0.1, 0.15) is 43.6 Å². The first-order valence-corrected chi connectivity index (χ1v) is 11.0.